The summed E-state index contributed by atoms with van der Waals surface area (Å²) in [5.41, 5.74) is 0.939. The normalized spacial score (nSPS) is 10.9. The number of halogens is 2. The Labute approximate surface area is 95.5 Å². The molecule has 0 fully saturated rings. The van der Waals surface area contributed by atoms with E-state index in [4.69, 9.17) is 4.42 Å². The van der Waals surface area contributed by atoms with Gasteiger partial charge in [-0.05, 0) is 30.3 Å². The highest BCUT2D eigenvalue weighted by Crippen LogP contribution is 2.27. The van der Waals surface area contributed by atoms with Crippen LogP contribution in [-0.2, 0) is 0 Å². The summed E-state index contributed by atoms with van der Waals surface area (Å²) in [6.45, 7) is 0. The second-order valence-corrected chi connectivity index (χ2v) is 3.65. The van der Waals surface area contributed by atoms with Crippen molar-refractivity contribution in [3.63, 3.8) is 0 Å². The minimum absolute atomic E-state index is 0.336. The Morgan fingerprint density at radius 1 is 0.941 bits per heavy atom. The van der Waals surface area contributed by atoms with Crippen molar-refractivity contribution in [2.75, 3.05) is 0 Å². The van der Waals surface area contributed by atoms with Gasteiger partial charge in [0.05, 0.1) is 0 Å². The molecule has 2 heterocycles. The molecule has 3 rings (SSSR count). The van der Waals surface area contributed by atoms with Gasteiger partial charge in [-0.15, -0.1) is 0 Å². The van der Waals surface area contributed by atoms with E-state index >= 15 is 0 Å². The first-order valence-electron chi connectivity index (χ1n) is 5.03. The third-order valence-electron chi connectivity index (χ3n) is 2.45. The fourth-order valence-electron chi connectivity index (χ4n) is 1.68. The van der Waals surface area contributed by atoms with Gasteiger partial charge in [-0.1, -0.05) is 0 Å². The fraction of sp³-hybridized carbons (Fsp3) is 0. The van der Waals surface area contributed by atoms with E-state index in [-0.39, 0.29) is 11.6 Å². The third-order valence-corrected chi connectivity index (χ3v) is 2.45. The zero-order valence-electron chi connectivity index (χ0n) is 8.65. The first-order valence-corrected chi connectivity index (χ1v) is 5.03. The van der Waals surface area contributed by atoms with E-state index < -0.39 is 0 Å². The number of rotatable bonds is 1. The van der Waals surface area contributed by atoms with Gasteiger partial charge in [-0.25, -0.2) is 8.78 Å². The summed E-state index contributed by atoms with van der Waals surface area (Å²) < 4.78 is 31.5. The first kappa shape index (κ1) is 9.96. The molecule has 0 spiro atoms. The van der Waals surface area contributed by atoms with Gasteiger partial charge < -0.3 is 4.42 Å². The van der Waals surface area contributed by atoms with Crippen LogP contribution in [0, 0.1) is 11.6 Å². The summed E-state index contributed by atoms with van der Waals surface area (Å²) in [6, 6.07) is 8.38. The minimum atomic E-state index is -0.387. The van der Waals surface area contributed by atoms with Crippen molar-refractivity contribution in [1.82, 2.24) is 4.98 Å². The van der Waals surface area contributed by atoms with Gasteiger partial charge in [0.25, 0.3) is 0 Å². The maximum Gasteiger partial charge on any atom is 0.153 e. The lowest BCUT2D eigenvalue weighted by atomic mass is 10.2. The molecule has 2 aromatic heterocycles. The molecule has 1 aromatic carbocycles. The number of pyridine rings is 1. The summed E-state index contributed by atoms with van der Waals surface area (Å²) >= 11 is 0. The quantitative estimate of drug-likeness (QED) is 0.637. The second-order valence-electron chi connectivity index (χ2n) is 3.65. The summed E-state index contributed by atoms with van der Waals surface area (Å²) in [7, 11) is 0. The highest BCUT2D eigenvalue weighted by molar-refractivity contribution is 5.82. The van der Waals surface area contributed by atoms with Crippen molar-refractivity contribution in [2.45, 2.75) is 0 Å². The summed E-state index contributed by atoms with van der Waals surface area (Å²) in [4.78, 5) is 4.00. The average Bonchev–Trinajstić information content (AvgIpc) is 2.72. The van der Waals surface area contributed by atoms with E-state index in [1.807, 2.05) is 0 Å². The lowest BCUT2D eigenvalue weighted by Crippen LogP contribution is -1.81. The smallest absolute Gasteiger partial charge is 0.153 e. The molecule has 0 bridgehead atoms. The van der Waals surface area contributed by atoms with Crippen molar-refractivity contribution >= 4 is 11.0 Å². The third kappa shape index (κ3) is 1.78. The van der Waals surface area contributed by atoms with Crippen molar-refractivity contribution in [2.24, 2.45) is 0 Å². The van der Waals surface area contributed by atoms with E-state index in [2.05, 4.69) is 4.98 Å². The molecule has 0 aliphatic rings. The number of hydrogen-bond acceptors (Lipinski definition) is 2. The Morgan fingerprint density at radius 2 is 1.76 bits per heavy atom. The van der Waals surface area contributed by atoms with E-state index in [1.54, 1.807) is 6.07 Å². The van der Waals surface area contributed by atoms with Crippen LogP contribution in [-0.4, -0.2) is 4.98 Å². The average molecular weight is 231 g/mol. The molecule has 3 aromatic rings. The zero-order valence-corrected chi connectivity index (χ0v) is 8.65. The Kier molecular flexibility index (Phi) is 2.14. The molecular formula is C13H7F2NO. The molecule has 0 saturated carbocycles. The van der Waals surface area contributed by atoms with Crippen LogP contribution in [0.1, 0.15) is 0 Å². The van der Waals surface area contributed by atoms with Crippen LogP contribution in [0.5, 0.6) is 0 Å². The molecule has 0 amide bonds. The number of hydrogen-bond donors (Lipinski definition) is 0. The summed E-state index contributed by atoms with van der Waals surface area (Å²) in [6.07, 6.45) is 1.36. The molecule has 0 saturated heterocycles. The SMILES string of the molecule is Fc1ccnc(-c2cc3cc(F)ccc3o2)c1. The van der Waals surface area contributed by atoms with Crippen molar-refractivity contribution in [3.05, 3.63) is 54.2 Å². The van der Waals surface area contributed by atoms with Crippen LogP contribution in [0.25, 0.3) is 22.4 Å². The van der Waals surface area contributed by atoms with Crippen molar-refractivity contribution < 1.29 is 13.2 Å². The maximum absolute atomic E-state index is 13.0. The van der Waals surface area contributed by atoms with Crippen molar-refractivity contribution in [3.8, 4) is 11.5 Å². The lowest BCUT2D eigenvalue weighted by Gasteiger charge is -1.94. The van der Waals surface area contributed by atoms with E-state index in [1.165, 1.54) is 36.5 Å². The predicted molar refractivity (Wildman–Crippen MR) is 59.4 cm³/mol. The molecule has 0 radical (unpaired) electrons. The Bertz CT molecular complexity index is 691. The largest absolute Gasteiger partial charge is 0.454 e. The molecule has 17 heavy (non-hydrogen) atoms. The summed E-state index contributed by atoms with van der Waals surface area (Å²) in [5.74, 6) is -0.302. The highest BCUT2D eigenvalue weighted by atomic mass is 19.1. The van der Waals surface area contributed by atoms with Crippen LogP contribution in [0.4, 0.5) is 8.78 Å². The van der Waals surface area contributed by atoms with Gasteiger partial charge in [0, 0.05) is 17.6 Å². The van der Waals surface area contributed by atoms with Crippen molar-refractivity contribution in [1.29, 1.82) is 0 Å². The molecule has 0 unspecified atom stereocenters. The van der Waals surface area contributed by atoms with Crippen LogP contribution in [0.3, 0.4) is 0 Å². The van der Waals surface area contributed by atoms with Crippen LogP contribution >= 0.6 is 0 Å². The van der Waals surface area contributed by atoms with Crippen LogP contribution in [0.15, 0.2) is 47.0 Å². The number of nitrogens with zero attached hydrogens (tertiary/aromatic N) is 1. The predicted octanol–water partition coefficient (Wildman–Crippen LogP) is 3.77. The lowest BCUT2D eigenvalue weighted by molar-refractivity contribution is 0.610. The fourth-order valence-corrected chi connectivity index (χ4v) is 1.68. The number of benzene rings is 1. The standard InChI is InChI=1S/C13H7F2NO/c14-9-1-2-12-8(5-9)6-13(17-12)11-7-10(15)3-4-16-11/h1-7H. The zero-order chi connectivity index (χ0) is 11.8. The van der Waals surface area contributed by atoms with Crippen LogP contribution in [0.2, 0.25) is 0 Å². The Balaban J connectivity index is 2.18. The van der Waals surface area contributed by atoms with Gasteiger partial charge in [-0.3, -0.25) is 4.98 Å². The van der Waals surface area contributed by atoms with Gasteiger partial charge in [0.1, 0.15) is 22.9 Å². The topological polar surface area (TPSA) is 26.0 Å². The second kappa shape index (κ2) is 3.66. The molecule has 0 N–H and O–H groups in total. The highest BCUT2D eigenvalue weighted by Gasteiger charge is 2.08. The molecule has 84 valence electrons. The molecule has 0 aliphatic heterocycles. The molecule has 0 aliphatic carbocycles. The van der Waals surface area contributed by atoms with Crippen LogP contribution < -0.4 is 0 Å². The Hall–Kier alpha value is -2.23. The van der Waals surface area contributed by atoms with Gasteiger partial charge in [0.15, 0.2) is 5.76 Å². The van der Waals surface area contributed by atoms with E-state index in [0.29, 0.717) is 22.4 Å². The number of furan rings is 1. The van der Waals surface area contributed by atoms with Gasteiger partial charge >= 0.3 is 0 Å². The van der Waals surface area contributed by atoms with E-state index in [9.17, 15) is 8.78 Å². The molecule has 4 heteroatoms. The molecular weight excluding hydrogens is 224 g/mol. The van der Waals surface area contributed by atoms with Gasteiger partial charge in [-0.2, -0.15) is 0 Å². The summed E-state index contributed by atoms with van der Waals surface area (Å²) in [5, 5.41) is 0.631. The Morgan fingerprint density at radius 3 is 2.59 bits per heavy atom. The monoisotopic (exact) mass is 231 g/mol. The number of aromatic nitrogens is 1. The van der Waals surface area contributed by atoms with E-state index in [0.717, 1.165) is 0 Å². The van der Waals surface area contributed by atoms with Gasteiger partial charge in [0.2, 0.25) is 0 Å². The maximum atomic E-state index is 13.0. The minimum Gasteiger partial charge on any atom is -0.454 e. The molecule has 0 atom stereocenters. The first-order chi connectivity index (χ1) is 8.22. The number of fused-ring (bicyclic) bond motifs is 1. The molecule has 2 nitrogen and oxygen atoms in total.